The van der Waals surface area contributed by atoms with Gasteiger partial charge in [0.15, 0.2) is 23.8 Å². The fraction of sp³-hybridized carbons (Fsp3) is 0.294. The second-order valence-electron chi connectivity index (χ2n) is 6.03. The van der Waals surface area contributed by atoms with E-state index in [1.54, 1.807) is 29.7 Å². The Kier molecular flexibility index (Phi) is 8.43. The monoisotopic (exact) mass is 434 g/mol. The van der Waals surface area contributed by atoms with E-state index >= 15 is 0 Å². The Labute approximate surface area is 177 Å². The van der Waals surface area contributed by atoms with Crippen LogP contribution < -0.4 is 27.0 Å². The SMILES string of the molecule is CN(C(=N)N)C(=N)NCCc1cc(NC(=N)NC(=N)NCCc2cccs2)cs1. The molecule has 2 aromatic rings. The highest BCUT2D eigenvalue weighted by Crippen LogP contribution is 2.19. The zero-order chi connectivity index (χ0) is 21.2. The van der Waals surface area contributed by atoms with Gasteiger partial charge in [-0.2, -0.15) is 0 Å². The Bertz CT molecular complexity index is 842. The zero-order valence-electron chi connectivity index (χ0n) is 16.1. The van der Waals surface area contributed by atoms with E-state index in [0.29, 0.717) is 19.5 Å². The summed E-state index contributed by atoms with van der Waals surface area (Å²) < 4.78 is 0. The molecule has 12 heteroatoms. The van der Waals surface area contributed by atoms with Crippen LogP contribution in [0.15, 0.2) is 29.0 Å². The molecule has 0 spiro atoms. The molecule has 0 aliphatic rings. The molecule has 0 saturated carbocycles. The van der Waals surface area contributed by atoms with Crippen LogP contribution in [0.4, 0.5) is 5.69 Å². The van der Waals surface area contributed by atoms with Gasteiger partial charge in [0.1, 0.15) is 0 Å². The van der Waals surface area contributed by atoms with Crippen LogP contribution in [0.5, 0.6) is 0 Å². The van der Waals surface area contributed by atoms with Gasteiger partial charge in [0.25, 0.3) is 0 Å². The molecule has 156 valence electrons. The van der Waals surface area contributed by atoms with Crippen LogP contribution in [-0.2, 0) is 12.8 Å². The predicted molar refractivity (Wildman–Crippen MR) is 122 cm³/mol. The lowest BCUT2D eigenvalue weighted by Crippen LogP contribution is -2.45. The van der Waals surface area contributed by atoms with E-state index in [1.807, 2.05) is 22.9 Å². The molecular weight excluding hydrogens is 408 g/mol. The number of rotatable bonds is 7. The van der Waals surface area contributed by atoms with Gasteiger partial charge in [-0.3, -0.25) is 31.9 Å². The summed E-state index contributed by atoms with van der Waals surface area (Å²) in [6.07, 6.45) is 1.53. The Morgan fingerprint density at radius 2 is 1.76 bits per heavy atom. The number of hydrogen-bond acceptors (Lipinski definition) is 6. The summed E-state index contributed by atoms with van der Waals surface area (Å²) in [6.45, 7) is 1.16. The van der Waals surface area contributed by atoms with Crippen molar-refractivity contribution in [3.63, 3.8) is 0 Å². The molecule has 0 aliphatic carbocycles. The molecule has 2 rings (SSSR count). The van der Waals surface area contributed by atoms with Gasteiger partial charge in [0, 0.05) is 35.3 Å². The second kappa shape index (κ2) is 11.0. The van der Waals surface area contributed by atoms with Gasteiger partial charge in [0.2, 0.25) is 0 Å². The lowest BCUT2D eigenvalue weighted by Gasteiger charge is -2.18. The van der Waals surface area contributed by atoms with E-state index in [9.17, 15) is 0 Å². The molecule has 10 N–H and O–H groups in total. The fourth-order valence-corrected chi connectivity index (χ4v) is 3.76. The van der Waals surface area contributed by atoms with Gasteiger partial charge in [-0.25, -0.2) is 0 Å². The van der Waals surface area contributed by atoms with Gasteiger partial charge in [-0.1, -0.05) is 6.07 Å². The lowest BCUT2D eigenvalue weighted by atomic mass is 10.3. The van der Waals surface area contributed by atoms with Gasteiger partial charge in [0.05, 0.1) is 5.69 Å². The number of anilines is 1. The van der Waals surface area contributed by atoms with Crippen molar-refractivity contribution in [1.82, 2.24) is 20.9 Å². The van der Waals surface area contributed by atoms with Crippen molar-refractivity contribution in [2.24, 2.45) is 5.73 Å². The highest BCUT2D eigenvalue weighted by molar-refractivity contribution is 7.10. The Morgan fingerprint density at radius 3 is 2.45 bits per heavy atom. The van der Waals surface area contributed by atoms with E-state index < -0.39 is 0 Å². The highest BCUT2D eigenvalue weighted by atomic mass is 32.1. The first kappa shape index (κ1) is 22.2. The topological polar surface area (TPSA) is 173 Å². The first-order valence-electron chi connectivity index (χ1n) is 8.80. The molecule has 0 fully saturated rings. The third-order valence-electron chi connectivity index (χ3n) is 3.79. The first-order valence-corrected chi connectivity index (χ1v) is 10.6. The number of nitrogens with one attached hydrogen (secondary N) is 8. The Morgan fingerprint density at radius 1 is 1.03 bits per heavy atom. The van der Waals surface area contributed by atoms with Gasteiger partial charge in [-0.15, -0.1) is 22.7 Å². The molecule has 2 heterocycles. The van der Waals surface area contributed by atoms with Crippen molar-refractivity contribution in [1.29, 1.82) is 21.6 Å². The van der Waals surface area contributed by atoms with Crippen LogP contribution in [0.3, 0.4) is 0 Å². The van der Waals surface area contributed by atoms with E-state index in [2.05, 4.69) is 27.3 Å². The summed E-state index contributed by atoms with van der Waals surface area (Å²) >= 11 is 3.23. The summed E-state index contributed by atoms with van der Waals surface area (Å²) in [5, 5.41) is 46.2. The summed E-state index contributed by atoms with van der Waals surface area (Å²) in [5.41, 5.74) is 6.10. The average molecular weight is 435 g/mol. The fourth-order valence-electron chi connectivity index (χ4n) is 2.23. The number of guanidine groups is 4. The number of thiophene rings is 2. The molecule has 0 bridgehead atoms. The second-order valence-corrected chi connectivity index (χ2v) is 8.06. The van der Waals surface area contributed by atoms with Crippen LogP contribution >= 0.6 is 22.7 Å². The smallest absolute Gasteiger partial charge is 0.199 e. The van der Waals surface area contributed by atoms with Crippen LogP contribution in [0.2, 0.25) is 0 Å². The van der Waals surface area contributed by atoms with Crippen molar-refractivity contribution in [3.05, 3.63) is 38.7 Å². The van der Waals surface area contributed by atoms with Gasteiger partial charge in [-0.05, 0) is 30.4 Å². The summed E-state index contributed by atoms with van der Waals surface area (Å²) in [6, 6.07) is 5.98. The van der Waals surface area contributed by atoms with Crippen molar-refractivity contribution < 1.29 is 0 Å². The molecular formula is C17H26N10S2. The summed E-state index contributed by atoms with van der Waals surface area (Å²) in [4.78, 5) is 3.58. The molecule has 0 saturated heterocycles. The minimum atomic E-state index is -0.192. The maximum absolute atomic E-state index is 7.95. The minimum Gasteiger partial charge on any atom is -0.370 e. The average Bonchev–Trinajstić information content (AvgIpc) is 3.33. The van der Waals surface area contributed by atoms with Crippen molar-refractivity contribution in [2.75, 3.05) is 25.5 Å². The molecule has 2 aromatic heterocycles. The van der Waals surface area contributed by atoms with Gasteiger partial charge >= 0.3 is 0 Å². The van der Waals surface area contributed by atoms with E-state index in [0.717, 1.165) is 17.0 Å². The maximum atomic E-state index is 7.95. The largest absolute Gasteiger partial charge is 0.370 e. The molecule has 0 amide bonds. The first-order chi connectivity index (χ1) is 13.8. The third-order valence-corrected chi connectivity index (χ3v) is 5.72. The standard InChI is InChI=1S/C17H26N10S2/c1-27(14(18)19)17(22)24-7-5-13-9-11(10-29-13)25-16(21)26-15(20)23-6-4-12-3-2-8-28-12/h2-3,8-10H,4-7H2,1H3,(H3,18,19)(H2,22,24)(H5,20,21,23,25,26). The third kappa shape index (κ3) is 7.79. The molecule has 10 nitrogen and oxygen atoms in total. The number of nitrogens with two attached hydrogens (primary N) is 1. The van der Waals surface area contributed by atoms with Crippen LogP contribution in [0.25, 0.3) is 0 Å². The van der Waals surface area contributed by atoms with Crippen LogP contribution in [0.1, 0.15) is 9.75 Å². The highest BCUT2D eigenvalue weighted by Gasteiger charge is 2.07. The van der Waals surface area contributed by atoms with Crippen LogP contribution in [-0.4, -0.2) is 48.9 Å². The molecule has 29 heavy (non-hydrogen) atoms. The van der Waals surface area contributed by atoms with Crippen molar-refractivity contribution in [2.45, 2.75) is 12.8 Å². The normalized spacial score (nSPS) is 10.1. The Balaban J connectivity index is 1.66. The minimum absolute atomic E-state index is 0.0194. The quantitative estimate of drug-likeness (QED) is 0.235. The summed E-state index contributed by atoms with van der Waals surface area (Å²) in [5.74, 6) is -0.0241. The van der Waals surface area contributed by atoms with E-state index in [1.165, 1.54) is 9.78 Å². The predicted octanol–water partition coefficient (Wildman–Crippen LogP) is 1.41. The van der Waals surface area contributed by atoms with Crippen LogP contribution in [0, 0.1) is 21.6 Å². The Hall–Kier alpha value is -3.12. The van der Waals surface area contributed by atoms with Crippen molar-refractivity contribution >= 4 is 52.2 Å². The molecule has 0 unspecified atom stereocenters. The summed E-state index contributed by atoms with van der Waals surface area (Å²) in [7, 11) is 1.55. The van der Waals surface area contributed by atoms with Crippen molar-refractivity contribution in [3.8, 4) is 0 Å². The molecule has 0 aliphatic heterocycles. The van der Waals surface area contributed by atoms with E-state index in [4.69, 9.17) is 27.4 Å². The molecule has 0 atom stereocenters. The lowest BCUT2D eigenvalue weighted by molar-refractivity contribution is 0.669. The number of nitrogens with zero attached hydrogens (tertiary/aromatic N) is 1. The number of hydrogen-bond donors (Lipinski definition) is 9. The van der Waals surface area contributed by atoms with E-state index in [-0.39, 0.29) is 23.8 Å². The zero-order valence-corrected chi connectivity index (χ0v) is 17.7. The van der Waals surface area contributed by atoms with Gasteiger partial charge < -0.3 is 21.7 Å². The molecule has 0 radical (unpaired) electrons. The maximum Gasteiger partial charge on any atom is 0.199 e. The molecule has 0 aromatic carbocycles.